The number of aromatic nitrogens is 2. The Kier molecular flexibility index (Phi) is 4.77. The summed E-state index contributed by atoms with van der Waals surface area (Å²) >= 11 is 3.13. The van der Waals surface area contributed by atoms with E-state index in [9.17, 15) is 13.2 Å². The van der Waals surface area contributed by atoms with Gasteiger partial charge >= 0.3 is 0 Å². The molecule has 0 bridgehead atoms. The number of nitrogens with zero attached hydrogens (tertiary/aromatic N) is 2. The van der Waals surface area contributed by atoms with Gasteiger partial charge in [-0.1, -0.05) is 12.1 Å². The van der Waals surface area contributed by atoms with E-state index in [-0.39, 0.29) is 10.2 Å². The maximum atomic E-state index is 12.3. The van der Waals surface area contributed by atoms with Crippen molar-refractivity contribution in [3.63, 3.8) is 0 Å². The number of rotatable bonds is 4. The first-order valence-corrected chi connectivity index (χ1v) is 8.68. The summed E-state index contributed by atoms with van der Waals surface area (Å²) in [4.78, 5) is 19.8. The molecule has 0 atom stereocenters. The standard InChI is InChI=1S/C13H12BrN3O4S/c1-21-10-6-4-3-5-9(10)16-12(18)11-8(14)7-15-13(17-11)22(2,19)20/h3-7H,1-2H3,(H,16,18). The quantitative estimate of drug-likeness (QED) is 0.806. The van der Waals surface area contributed by atoms with Crippen molar-refractivity contribution in [1.82, 2.24) is 9.97 Å². The predicted octanol–water partition coefficient (Wildman–Crippen LogP) is 1.90. The van der Waals surface area contributed by atoms with E-state index in [1.807, 2.05) is 0 Å². The Morgan fingerprint density at radius 1 is 1.32 bits per heavy atom. The van der Waals surface area contributed by atoms with Crippen LogP contribution in [0.3, 0.4) is 0 Å². The largest absolute Gasteiger partial charge is 0.495 e. The fourth-order valence-corrected chi connectivity index (χ4v) is 2.49. The molecule has 9 heteroatoms. The van der Waals surface area contributed by atoms with Gasteiger partial charge in [0.25, 0.3) is 5.91 Å². The van der Waals surface area contributed by atoms with Crippen LogP contribution in [0.15, 0.2) is 40.1 Å². The molecule has 0 unspecified atom stereocenters. The number of methoxy groups -OCH3 is 1. The first-order valence-electron chi connectivity index (χ1n) is 6.00. The van der Waals surface area contributed by atoms with Gasteiger partial charge in [0.05, 0.1) is 17.3 Å². The van der Waals surface area contributed by atoms with E-state index < -0.39 is 20.9 Å². The van der Waals surface area contributed by atoms with Crippen LogP contribution in [-0.4, -0.2) is 37.7 Å². The molecule has 0 fully saturated rings. The highest BCUT2D eigenvalue weighted by Gasteiger charge is 2.19. The fraction of sp³-hybridized carbons (Fsp3) is 0.154. The monoisotopic (exact) mass is 385 g/mol. The van der Waals surface area contributed by atoms with Crippen molar-refractivity contribution in [2.75, 3.05) is 18.7 Å². The van der Waals surface area contributed by atoms with E-state index in [4.69, 9.17) is 4.74 Å². The van der Waals surface area contributed by atoms with Crippen molar-refractivity contribution in [3.05, 3.63) is 40.6 Å². The van der Waals surface area contributed by atoms with Gasteiger partial charge in [-0.05, 0) is 28.1 Å². The van der Waals surface area contributed by atoms with Gasteiger partial charge in [-0.3, -0.25) is 4.79 Å². The minimum atomic E-state index is -3.61. The molecular formula is C13H12BrN3O4S. The van der Waals surface area contributed by atoms with Crippen LogP contribution >= 0.6 is 15.9 Å². The topological polar surface area (TPSA) is 98.2 Å². The lowest BCUT2D eigenvalue weighted by Gasteiger charge is -2.10. The number of anilines is 1. The molecule has 0 radical (unpaired) electrons. The molecule has 116 valence electrons. The SMILES string of the molecule is COc1ccccc1NC(=O)c1nc(S(C)(=O)=O)ncc1Br. The van der Waals surface area contributed by atoms with Gasteiger partial charge in [0.1, 0.15) is 11.4 Å². The van der Waals surface area contributed by atoms with Crippen molar-refractivity contribution >= 4 is 37.4 Å². The number of halogens is 1. The van der Waals surface area contributed by atoms with Crippen LogP contribution in [0.2, 0.25) is 0 Å². The van der Waals surface area contributed by atoms with Crippen molar-refractivity contribution in [1.29, 1.82) is 0 Å². The molecule has 0 aliphatic carbocycles. The molecular weight excluding hydrogens is 374 g/mol. The first kappa shape index (κ1) is 16.4. The Hall–Kier alpha value is -2.00. The lowest BCUT2D eigenvalue weighted by molar-refractivity contribution is 0.102. The summed E-state index contributed by atoms with van der Waals surface area (Å²) in [6.45, 7) is 0. The second-order valence-corrected chi connectivity index (χ2v) is 7.04. The Morgan fingerprint density at radius 2 is 2.00 bits per heavy atom. The van der Waals surface area contributed by atoms with Crippen LogP contribution in [-0.2, 0) is 9.84 Å². The number of carbonyl (C=O) groups is 1. The molecule has 0 saturated carbocycles. The van der Waals surface area contributed by atoms with Gasteiger partial charge in [0.2, 0.25) is 15.0 Å². The third kappa shape index (κ3) is 3.60. The van der Waals surface area contributed by atoms with Gasteiger partial charge in [-0.15, -0.1) is 0 Å². The zero-order valence-electron chi connectivity index (χ0n) is 11.7. The van der Waals surface area contributed by atoms with Crippen molar-refractivity contribution in [3.8, 4) is 5.75 Å². The summed E-state index contributed by atoms with van der Waals surface area (Å²) in [7, 11) is -2.13. The minimum absolute atomic E-state index is 0.0821. The van der Waals surface area contributed by atoms with Crippen LogP contribution in [0, 0.1) is 0 Å². The van der Waals surface area contributed by atoms with E-state index in [0.29, 0.717) is 11.4 Å². The molecule has 1 N–H and O–H groups in total. The van der Waals surface area contributed by atoms with Crippen molar-refractivity contribution in [2.24, 2.45) is 0 Å². The number of ether oxygens (including phenoxy) is 1. The van der Waals surface area contributed by atoms with Crippen LogP contribution in [0.25, 0.3) is 0 Å². The van der Waals surface area contributed by atoms with Gasteiger partial charge in [0.15, 0.2) is 0 Å². The van der Waals surface area contributed by atoms with Gasteiger partial charge in [0, 0.05) is 12.5 Å². The zero-order valence-corrected chi connectivity index (χ0v) is 14.1. The number of benzene rings is 1. The second kappa shape index (κ2) is 6.41. The summed E-state index contributed by atoms with van der Waals surface area (Å²) in [6.07, 6.45) is 2.19. The fourth-order valence-electron chi connectivity index (χ4n) is 1.62. The molecule has 7 nitrogen and oxygen atoms in total. The molecule has 1 heterocycles. The Morgan fingerprint density at radius 3 is 2.64 bits per heavy atom. The molecule has 1 amide bonds. The normalized spacial score (nSPS) is 11.0. The molecule has 1 aromatic heterocycles. The van der Waals surface area contributed by atoms with E-state index >= 15 is 0 Å². The highest BCUT2D eigenvalue weighted by atomic mass is 79.9. The Bertz CT molecular complexity index is 824. The average molecular weight is 386 g/mol. The summed E-state index contributed by atoms with van der Waals surface area (Å²) in [5.74, 6) is -0.104. The molecule has 2 aromatic rings. The summed E-state index contributed by atoms with van der Waals surface area (Å²) < 4.78 is 28.4. The van der Waals surface area contributed by atoms with E-state index in [1.54, 1.807) is 24.3 Å². The summed E-state index contributed by atoms with van der Waals surface area (Å²) in [6, 6.07) is 6.84. The highest BCUT2D eigenvalue weighted by molar-refractivity contribution is 9.10. The van der Waals surface area contributed by atoms with Crippen molar-refractivity contribution < 1.29 is 17.9 Å². The molecule has 1 aromatic carbocycles. The minimum Gasteiger partial charge on any atom is -0.495 e. The van der Waals surface area contributed by atoms with E-state index in [1.165, 1.54) is 13.3 Å². The zero-order chi connectivity index (χ0) is 16.3. The smallest absolute Gasteiger partial charge is 0.275 e. The third-order valence-electron chi connectivity index (χ3n) is 2.62. The number of para-hydroxylation sites is 2. The number of carbonyl (C=O) groups excluding carboxylic acids is 1. The average Bonchev–Trinajstić information content (AvgIpc) is 2.47. The number of nitrogens with one attached hydrogen (secondary N) is 1. The maximum Gasteiger partial charge on any atom is 0.275 e. The lowest BCUT2D eigenvalue weighted by Crippen LogP contribution is -2.17. The molecule has 2 rings (SSSR count). The Balaban J connectivity index is 2.38. The first-order chi connectivity index (χ1) is 10.3. The molecule has 0 saturated heterocycles. The van der Waals surface area contributed by atoms with Gasteiger partial charge in [-0.25, -0.2) is 18.4 Å². The number of hydrogen-bond donors (Lipinski definition) is 1. The van der Waals surface area contributed by atoms with Crippen LogP contribution in [0.4, 0.5) is 5.69 Å². The summed E-state index contributed by atoms with van der Waals surface area (Å²) in [5, 5.41) is 2.20. The number of sulfone groups is 1. The molecule has 0 aliphatic rings. The predicted molar refractivity (Wildman–Crippen MR) is 83.8 cm³/mol. The van der Waals surface area contributed by atoms with Crippen molar-refractivity contribution in [2.45, 2.75) is 5.16 Å². The van der Waals surface area contributed by atoms with Gasteiger partial charge in [-0.2, -0.15) is 0 Å². The van der Waals surface area contributed by atoms with E-state index in [0.717, 1.165) is 6.26 Å². The molecule has 22 heavy (non-hydrogen) atoms. The maximum absolute atomic E-state index is 12.3. The van der Waals surface area contributed by atoms with Crippen LogP contribution < -0.4 is 10.1 Å². The Labute approximate surface area is 135 Å². The van der Waals surface area contributed by atoms with E-state index in [2.05, 4.69) is 31.2 Å². The molecule has 0 spiro atoms. The lowest BCUT2D eigenvalue weighted by atomic mass is 10.2. The van der Waals surface area contributed by atoms with Crippen LogP contribution in [0.5, 0.6) is 5.75 Å². The summed E-state index contributed by atoms with van der Waals surface area (Å²) in [5.41, 5.74) is 0.364. The van der Waals surface area contributed by atoms with Gasteiger partial charge < -0.3 is 10.1 Å². The number of hydrogen-bond acceptors (Lipinski definition) is 6. The highest BCUT2D eigenvalue weighted by Crippen LogP contribution is 2.24. The second-order valence-electron chi connectivity index (χ2n) is 4.28. The molecule has 0 aliphatic heterocycles. The third-order valence-corrected chi connectivity index (χ3v) is 4.06. The number of amides is 1. The van der Waals surface area contributed by atoms with Crippen LogP contribution in [0.1, 0.15) is 10.5 Å².